The van der Waals surface area contributed by atoms with Crippen LogP contribution in [0.2, 0.25) is 0 Å². The molecule has 1 aromatic heterocycles. The SMILES string of the molecule is Cc1cnc(Nc2ccc3c(c2)OCCO3)nc1NC1CC1. The second-order valence-corrected chi connectivity index (χ2v) is 5.63. The van der Waals surface area contributed by atoms with Gasteiger partial charge in [0.25, 0.3) is 0 Å². The van der Waals surface area contributed by atoms with Crippen LogP contribution in [0.25, 0.3) is 0 Å². The van der Waals surface area contributed by atoms with E-state index in [4.69, 9.17) is 9.47 Å². The summed E-state index contributed by atoms with van der Waals surface area (Å²) in [5.41, 5.74) is 1.94. The van der Waals surface area contributed by atoms with Crippen molar-refractivity contribution in [2.45, 2.75) is 25.8 Å². The lowest BCUT2D eigenvalue weighted by atomic mass is 10.2. The molecule has 0 bridgehead atoms. The quantitative estimate of drug-likeness (QED) is 0.904. The number of benzene rings is 1. The predicted octanol–water partition coefficient (Wildman–Crippen LogP) is 2.87. The molecule has 0 amide bonds. The van der Waals surface area contributed by atoms with Crippen LogP contribution in [-0.2, 0) is 0 Å². The van der Waals surface area contributed by atoms with Gasteiger partial charge in [-0.3, -0.25) is 0 Å². The Kier molecular flexibility index (Phi) is 3.21. The fourth-order valence-corrected chi connectivity index (χ4v) is 2.32. The molecular weight excluding hydrogens is 280 g/mol. The molecule has 1 fully saturated rings. The minimum Gasteiger partial charge on any atom is -0.486 e. The molecule has 0 spiro atoms. The maximum absolute atomic E-state index is 5.59. The third kappa shape index (κ3) is 2.77. The van der Waals surface area contributed by atoms with Crippen LogP contribution in [0.3, 0.4) is 0 Å². The van der Waals surface area contributed by atoms with Gasteiger partial charge in [0.1, 0.15) is 19.0 Å². The molecule has 114 valence electrons. The molecular formula is C16H18N4O2. The number of rotatable bonds is 4. The first-order valence-corrected chi connectivity index (χ1v) is 7.55. The molecule has 1 aliphatic heterocycles. The van der Waals surface area contributed by atoms with Crippen LogP contribution in [-0.4, -0.2) is 29.2 Å². The minimum absolute atomic E-state index is 0.566. The second-order valence-electron chi connectivity index (χ2n) is 5.63. The van der Waals surface area contributed by atoms with E-state index in [1.54, 1.807) is 0 Å². The van der Waals surface area contributed by atoms with Crippen molar-refractivity contribution in [3.05, 3.63) is 30.0 Å². The molecule has 2 heterocycles. The lowest BCUT2D eigenvalue weighted by Crippen LogP contribution is -2.15. The van der Waals surface area contributed by atoms with Crippen molar-refractivity contribution in [1.82, 2.24) is 9.97 Å². The zero-order chi connectivity index (χ0) is 14.9. The predicted molar refractivity (Wildman–Crippen MR) is 84.1 cm³/mol. The van der Waals surface area contributed by atoms with Gasteiger partial charge in [-0.2, -0.15) is 4.98 Å². The highest BCUT2D eigenvalue weighted by Gasteiger charge is 2.22. The smallest absolute Gasteiger partial charge is 0.229 e. The number of nitrogens with one attached hydrogen (secondary N) is 2. The van der Waals surface area contributed by atoms with Gasteiger partial charge in [-0.1, -0.05) is 0 Å². The van der Waals surface area contributed by atoms with Gasteiger partial charge in [0.15, 0.2) is 11.5 Å². The normalized spacial score (nSPS) is 16.2. The topological polar surface area (TPSA) is 68.3 Å². The number of aromatic nitrogens is 2. The van der Waals surface area contributed by atoms with Gasteiger partial charge >= 0.3 is 0 Å². The Morgan fingerprint density at radius 2 is 1.95 bits per heavy atom. The van der Waals surface area contributed by atoms with E-state index >= 15 is 0 Å². The average molecular weight is 298 g/mol. The average Bonchev–Trinajstić information content (AvgIpc) is 3.35. The van der Waals surface area contributed by atoms with Gasteiger partial charge in [-0.05, 0) is 31.9 Å². The maximum atomic E-state index is 5.59. The Labute approximate surface area is 128 Å². The zero-order valence-corrected chi connectivity index (χ0v) is 12.4. The standard InChI is InChI=1S/C16H18N4O2/c1-10-9-17-16(20-15(10)18-11-2-3-11)19-12-4-5-13-14(8-12)22-7-6-21-13/h4-5,8-9,11H,2-3,6-7H2,1H3,(H2,17,18,19,20). The molecule has 2 aliphatic rings. The lowest BCUT2D eigenvalue weighted by molar-refractivity contribution is 0.171. The van der Waals surface area contributed by atoms with Gasteiger partial charge in [0.2, 0.25) is 5.95 Å². The fraction of sp³-hybridized carbons (Fsp3) is 0.375. The van der Waals surface area contributed by atoms with Gasteiger partial charge in [-0.15, -0.1) is 0 Å². The highest BCUT2D eigenvalue weighted by molar-refractivity contribution is 5.61. The van der Waals surface area contributed by atoms with Crippen LogP contribution >= 0.6 is 0 Å². The first-order chi connectivity index (χ1) is 10.8. The fourth-order valence-electron chi connectivity index (χ4n) is 2.32. The van der Waals surface area contributed by atoms with E-state index in [1.807, 2.05) is 31.3 Å². The van der Waals surface area contributed by atoms with E-state index in [9.17, 15) is 0 Å². The Bertz CT molecular complexity index is 701. The Morgan fingerprint density at radius 1 is 1.14 bits per heavy atom. The van der Waals surface area contributed by atoms with Crippen molar-refractivity contribution in [1.29, 1.82) is 0 Å². The van der Waals surface area contributed by atoms with Crippen molar-refractivity contribution in [2.24, 2.45) is 0 Å². The summed E-state index contributed by atoms with van der Waals surface area (Å²) < 4.78 is 11.1. The first kappa shape index (κ1) is 13.2. The molecule has 6 heteroatoms. The lowest BCUT2D eigenvalue weighted by Gasteiger charge is -2.19. The summed E-state index contributed by atoms with van der Waals surface area (Å²) in [7, 11) is 0. The number of hydrogen-bond acceptors (Lipinski definition) is 6. The van der Waals surface area contributed by atoms with Gasteiger partial charge in [-0.25, -0.2) is 4.98 Å². The molecule has 0 radical (unpaired) electrons. The Balaban J connectivity index is 1.55. The number of hydrogen-bond donors (Lipinski definition) is 2. The summed E-state index contributed by atoms with van der Waals surface area (Å²) in [5, 5.41) is 6.64. The number of aryl methyl sites for hydroxylation is 1. The Hall–Kier alpha value is -2.50. The molecule has 0 atom stereocenters. The van der Waals surface area contributed by atoms with Crippen LogP contribution in [0, 0.1) is 6.92 Å². The third-order valence-corrected chi connectivity index (χ3v) is 3.69. The van der Waals surface area contributed by atoms with Crippen LogP contribution < -0.4 is 20.1 Å². The number of ether oxygens (including phenoxy) is 2. The van der Waals surface area contributed by atoms with Crippen molar-refractivity contribution >= 4 is 17.5 Å². The van der Waals surface area contributed by atoms with Gasteiger partial charge < -0.3 is 20.1 Å². The number of nitrogens with zero attached hydrogens (tertiary/aromatic N) is 2. The highest BCUT2D eigenvalue weighted by atomic mass is 16.6. The molecule has 1 aromatic carbocycles. The first-order valence-electron chi connectivity index (χ1n) is 7.55. The van der Waals surface area contributed by atoms with E-state index in [1.165, 1.54) is 12.8 Å². The van der Waals surface area contributed by atoms with E-state index in [0.717, 1.165) is 28.6 Å². The molecule has 22 heavy (non-hydrogen) atoms. The summed E-state index contributed by atoms with van der Waals surface area (Å²) in [4.78, 5) is 8.89. The summed E-state index contributed by atoms with van der Waals surface area (Å²) in [6.07, 6.45) is 4.26. The van der Waals surface area contributed by atoms with E-state index in [2.05, 4.69) is 20.6 Å². The largest absolute Gasteiger partial charge is 0.486 e. The minimum atomic E-state index is 0.566. The molecule has 1 aliphatic carbocycles. The molecule has 2 aromatic rings. The van der Waals surface area contributed by atoms with Crippen LogP contribution in [0.5, 0.6) is 11.5 Å². The van der Waals surface area contributed by atoms with E-state index < -0.39 is 0 Å². The summed E-state index contributed by atoms with van der Waals surface area (Å²) in [6, 6.07) is 6.31. The van der Waals surface area contributed by atoms with Crippen LogP contribution in [0.4, 0.5) is 17.5 Å². The van der Waals surface area contributed by atoms with E-state index in [0.29, 0.717) is 25.2 Å². The van der Waals surface area contributed by atoms with Crippen molar-refractivity contribution in [3.63, 3.8) is 0 Å². The third-order valence-electron chi connectivity index (χ3n) is 3.69. The van der Waals surface area contributed by atoms with Crippen LogP contribution in [0.1, 0.15) is 18.4 Å². The van der Waals surface area contributed by atoms with Crippen LogP contribution in [0.15, 0.2) is 24.4 Å². The van der Waals surface area contributed by atoms with Crippen molar-refractivity contribution in [2.75, 3.05) is 23.8 Å². The molecule has 1 saturated carbocycles. The van der Waals surface area contributed by atoms with Crippen molar-refractivity contribution < 1.29 is 9.47 Å². The summed E-state index contributed by atoms with van der Waals surface area (Å²) in [5.74, 6) is 3.00. The second kappa shape index (κ2) is 5.36. The zero-order valence-electron chi connectivity index (χ0n) is 12.4. The molecule has 4 rings (SSSR count). The van der Waals surface area contributed by atoms with E-state index in [-0.39, 0.29) is 0 Å². The Morgan fingerprint density at radius 3 is 2.77 bits per heavy atom. The van der Waals surface area contributed by atoms with Gasteiger partial charge in [0, 0.05) is 29.6 Å². The molecule has 0 saturated heterocycles. The molecule has 6 nitrogen and oxygen atoms in total. The highest BCUT2D eigenvalue weighted by Crippen LogP contribution is 2.33. The molecule has 2 N–H and O–H groups in total. The maximum Gasteiger partial charge on any atom is 0.229 e. The monoisotopic (exact) mass is 298 g/mol. The number of fused-ring (bicyclic) bond motifs is 1. The summed E-state index contributed by atoms with van der Waals surface area (Å²) in [6.45, 7) is 3.18. The molecule has 0 unspecified atom stereocenters. The van der Waals surface area contributed by atoms with Gasteiger partial charge in [0.05, 0.1) is 0 Å². The number of anilines is 3. The summed E-state index contributed by atoms with van der Waals surface area (Å²) >= 11 is 0. The van der Waals surface area contributed by atoms with Crippen molar-refractivity contribution in [3.8, 4) is 11.5 Å².